The Labute approximate surface area is 109 Å². The average Bonchev–Trinajstić information content (AvgIpc) is 2.28. The third-order valence-corrected chi connectivity index (χ3v) is 2.53. The van der Waals surface area contributed by atoms with Crippen LogP contribution in [0.15, 0.2) is 18.2 Å². The van der Waals surface area contributed by atoms with Gasteiger partial charge in [0.2, 0.25) is 5.91 Å². The molecule has 0 heterocycles. The summed E-state index contributed by atoms with van der Waals surface area (Å²) in [6.45, 7) is 5.89. The second-order valence-corrected chi connectivity index (χ2v) is 4.40. The van der Waals surface area contributed by atoms with E-state index in [2.05, 4.69) is 42.7 Å². The van der Waals surface area contributed by atoms with E-state index in [0.717, 1.165) is 5.69 Å². The Morgan fingerprint density at radius 2 is 1.83 bits per heavy atom. The summed E-state index contributed by atoms with van der Waals surface area (Å²) >= 11 is 0. The second kappa shape index (κ2) is 7.71. The fourth-order valence-electron chi connectivity index (χ4n) is 1.78. The third-order valence-electron chi connectivity index (χ3n) is 2.53. The molecule has 0 atom stereocenters. The zero-order valence-corrected chi connectivity index (χ0v) is 11.4. The van der Waals surface area contributed by atoms with Crippen LogP contribution in [0.2, 0.25) is 0 Å². The van der Waals surface area contributed by atoms with E-state index in [-0.39, 0.29) is 5.91 Å². The van der Waals surface area contributed by atoms with Crippen molar-refractivity contribution in [2.75, 3.05) is 32.1 Å². The molecule has 4 heteroatoms. The maximum atomic E-state index is 11.4. The Hall–Kier alpha value is -1.55. The fraction of sp³-hybridized carbons (Fsp3) is 0.500. The Morgan fingerprint density at radius 3 is 2.44 bits per heavy atom. The topological polar surface area (TPSA) is 50.4 Å². The Kier molecular flexibility index (Phi) is 6.22. The number of carbonyl (C=O) groups excluding carboxylic acids is 1. The predicted octanol–water partition coefficient (Wildman–Crippen LogP) is 1.87. The van der Waals surface area contributed by atoms with Crippen LogP contribution in [0.5, 0.6) is 0 Å². The number of methoxy groups -OCH3 is 1. The highest BCUT2D eigenvalue weighted by Crippen LogP contribution is 2.13. The number of ether oxygens (including phenoxy) is 1. The lowest BCUT2D eigenvalue weighted by molar-refractivity contribution is -0.121. The molecule has 1 aromatic rings. The molecule has 1 aromatic carbocycles. The molecule has 0 saturated heterocycles. The summed E-state index contributed by atoms with van der Waals surface area (Å²) in [6, 6.07) is 6.29. The highest BCUT2D eigenvalue weighted by Gasteiger charge is 2.00. The molecule has 0 aliphatic heterocycles. The highest BCUT2D eigenvalue weighted by atomic mass is 16.5. The van der Waals surface area contributed by atoms with E-state index in [1.807, 2.05) is 0 Å². The number of anilines is 1. The fourth-order valence-corrected chi connectivity index (χ4v) is 1.78. The smallest absolute Gasteiger partial charge is 0.221 e. The highest BCUT2D eigenvalue weighted by molar-refractivity contribution is 5.76. The number of hydrogen-bond donors (Lipinski definition) is 2. The molecule has 1 rings (SSSR count). The minimum absolute atomic E-state index is 0.0453. The van der Waals surface area contributed by atoms with Gasteiger partial charge in [-0.05, 0) is 37.1 Å². The summed E-state index contributed by atoms with van der Waals surface area (Å²) in [5, 5.41) is 6.04. The Bertz CT molecular complexity index is 371. The van der Waals surface area contributed by atoms with Crippen molar-refractivity contribution in [3.63, 3.8) is 0 Å². The summed E-state index contributed by atoms with van der Waals surface area (Å²) in [5.74, 6) is 0.0453. The lowest BCUT2D eigenvalue weighted by Crippen LogP contribution is -2.28. The van der Waals surface area contributed by atoms with E-state index in [1.54, 1.807) is 7.11 Å². The third kappa shape index (κ3) is 5.68. The van der Waals surface area contributed by atoms with Crippen LogP contribution < -0.4 is 10.6 Å². The van der Waals surface area contributed by atoms with Gasteiger partial charge in [-0.25, -0.2) is 0 Å². The van der Waals surface area contributed by atoms with E-state index in [1.165, 1.54) is 11.1 Å². The van der Waals surface area contributed by atoms with Crippen LogP contribution >= 0.6 is 0 Å². The zero-order chi connectivity index (χ0) is 13.4. The van der Waals surface area contributed by atoms with Gasteiger partial charge >= 0.3 is 0 Å². The number of carbonyl (C=O) groups is 1. The second-order valence-electron chi connectivity index (χ2n) is 4.40. The van der Waals surface area contributed by atoms with Crippen molar-refractivity contribution in [3.05, 3.63) is 29.3 Å². The van der Waals surface area contributed by atoms with Crippen molar-refractivity contribution in [3.8, 4) is 0 Å². The standard InChI is InChI=1S/C14H22N2O2/c1-11-8-12(2)10-13(9-11)15-5-4-14(17)16-6-7-18-3/h8-10,15H,4-7H2,1-3H3,(H,16,17). The number of rotatable bonds is 7. The summed E-state index contributed by atoms with van der Waals surface area (Å²) in [6.07, 6.45) is 0.469. The maximum Gasteiger partial charge on any atom is 0.221 e. The minimum Gasteiger partial charge on any atom is -0.385 e. The number of hydrogen-bond acceptors (Lipinski definition) is 3. The van der Waals surface area contributed by atoms with E-state index in [9.17, 15) is 4.79 Å². The van der Waals surface area contributed by atoms with Crippen molar-refractivity contribution < 1.29 is 9.53 Å². The van der Waals surface area contributed by atoms with E-state index >= 15 is 0 Å². The first-order valence-electron chi connectivity index (χ1n) is 6.19. The molecule has 0 saturated carbocycles. The first-order valence-corrected chi connectivity index (χ1v) is 6.19. The SMILES string of the molecule is COCCNC(=O)CCNc1cc(C)cc(C)c1. The largest absolute Gasteiger partial charge is 0.385 e. The van der Waals surface area contributed by atoms with Gasteiger partial charge < -0.3 is 15.4 Å². The van der Waals surface area contributed by atoms with Crippen LogP contribution in [0.25, 0.3) is 0 Å². The molecule has 0 fully saturated rings. The molecule has 18 heavy (non-hydrogen) atoms. The molecule has 0 spiro atoms. The average molecular weight is 250 g/mol. The molecule has 0 unspecified atom stereocenters. The van der Waals surface area contributed by atoms with Crippen LogP contribution in [0.3, 0.4) is 0 Å². The van der Waals surface area contributed by atoms with Gasteiger partial charge in [-0.3, -0.25) is 4.79 Å². The number of nitrogens with one attached hydrogen (secondary N) is 2. The maximum absolute atomic E-state index is 11.4. The number of aryl methyl sites for hydroxylation is 2. The number of amides is 1. The molecule has 0 aliphatic rings. The summed E-state index contributed by atoms with van der Waals surface area (Å²) in [5.41, 5.74) is 3.52. The molecule has 1 amide bonds. The Morgan fingerprint density at radius 1 is 1.17 bits per heavy atom. The lowest BCUT2D eigenvalue weighted by atomic mass is 10.1. The van der Waals surface area contributed by atoms with Gasteiger partial charge in [-0.15, -0.1) is 0 Å². The van der Waals surface area contributed by atoms with Crippen molar-refractivity contribution in [1.82, 2.24) is 5.32 Å². The molecule has 0 aromatic heterocycles. The summed E-state index contributed by atoms with van der Waals surface area (Å²) in [7, 11) is 1.62. The molecule has 0 bridgehead atoms. The van der Waals surface area contributed by atoms with E-state index in [0.29, 0.717) is 26.1 Å². The molecule has 100 valence electrons. The molecule has 4 nitrogen and oxygen atoms in total. The predicted molar refractivity (Wildman–Crippen MR) is 73.9 cm³/mol. The van der Waals surface area contributed by atoms with Crippen molar-refractivity contribution in [2.45, 2.75) is 20.3 Å². The zero-order valence-electron chi connectivity index (χ0n) is 11.4. The Balaban J connectivity index is 2.26. The van der Waals surface area contributed by atoms with Crippen LogP contribution in [-0.2, 0) is 9.53 Å². The molecular formula is C14H22N2O2. The van der Waals surface area contributed by atoms with Crippen LogP contribution in [0.1, 0.15) is 17.5 Å². The summed E-state index contributed by atoms with van der Waals surface area (Å²) in [4.78, 5) is 11.4. The van der Waals surface area contributed by atoms with Crippen LogP contribution in [0, 0.1) is 13.8 Å². The van der Waals surface area contributed by atoms with Crippen molar-refractivity contribution in [2.24, 2.45) is 0 Å². The van der Waals surface area contributed by atoms with E-state index < -0.39 is 0 Å². The lowest BCUT2D eigenvalue weighted by Gasteiger charge is -2.09. The van der Waals surface area contributed by atoms with Gasteiger partial charge in [0, 0.05) is 32.3 Å². The van der Waals surface area contributed by atoms with Crippen molar-refractivity contribution in [1.29, 1.82) is 0 Å². The normalized spacial score (nSPS) is 10.2. The van der Waals surface area contributed by atoms with Gasteiger partial charge in [-0.2, -0.15) is 0 Å². The molecular weight excluding hydrogens is 228 g/mol. The quantitative estimate of drug-likeness (QED) is 0.726. The van der Waals surface area contributed by atoms with Gasteiger partial charge in [-0.1, -0.05) is 6.07 Å². The first-order chi connectivity index (χ1) is 8.61. The van der Waals surface area contributed by atoms with Crippen molar-refractivity contribution >= 4 is 11.6 Å². The van der Waals surface area contributed by atoms with Crippen LogP contribution in [-0.4, -0.2) is 32.7 Å². The first kappa shape index (κ1) is 14.5. The monoisotopic (exact) mass is 250 g/mol. The van der Waals surface area contributed by atoms with Gasteiger partial charge in [0.25, 0.3) is 0 Å². The minimum atomic E-state index is 0.0453. The van der Waals surface area contributed by atoms with Gasteiger partial charge in [0.05, 0.1) is 6.61 Å². The summed E-state index contributed by atoms with van der Waals surface area (Å²) < 4.78 is 4.86. The molecule has 2 N–H and O–H groups in total. The van der Waals surface area contributed by atoms with Gasteiger partial charge in [0.1, 0.15) is 0 Å². The molecule has 0 radical (unpaired) electrons. The van der Waals surface area contributed by atoms with E-state index in [4.69, 9.17) is 4.74 Å². The number of benzene rings is 1. The molecule has 0 aliphatic carbocycles. The van der Waals surface area contributed by atoms with Crippen LogP contribution in [0.4, 0.5) is 5.69 Å². The van der Waals surface area contributed by atoms with Gasteiger partial charge in [0.15, 0.2) is 0 Å².